The molecule has 1 atom stereocenters. The van der Waals surface area contributed by atoms with E-state index in [1.807, 2.05) is 0 Å². The third-order valence-electron chi connectivity index (χ3n) is 2.10. The summed E-state index contributed by atoms with van der Waals surface area (Å²) < 4.78 is 6.37. The first-order valence-electron chi connectivity index (χ1n) is 5.33. The molecule has 0 bridgehead atoms. The van der Waals surface area contributed by atoms with Crippen molar-refractivity contribution in [3.63, 3.8) is 0 Å². The van der Waals surface area contributed by atoms with Gasteiger partial charge in [-0.25, -0.2) is 14.3 Å². The number of aliphatic hydroxyl groups excluding tert-OH is 1. The number of aromatic nitrogens is 2. The Labute approximate surface area is 100 Å². The summed E-state index contributed by atoms with van der Waals surface area (Å²) >= 11 is 0. The van der Waals surface area contributed by atoms with Gasteiger partial charge < -0.3 is 15.6 Å². The number of nitrogens with two attached hydrogens (primary N) is 1. The van der Waals surface area contributed by atoms with Crippen molar-refractivity contribution >= 4 is 6.09 Å². The van der Waals surface area contributed by atoms with Gasteiger partial charge >= 0.3 is 6.09 Å². The SMILES string of the molecule is CC(C)(C)OC(=O)n1cnc(C(C)(N)CO)c1. The summed E-state index contributed by atoms with van der Waals surface area (Å²) in [6, 6.07) is 0. The summed E-state index contributed by atoms with van der Waals surface area (Å²) in [4.78, 5) is 15.7. The van der Waals surface area contributed by atoms with Gasteiger partial charge in [0.05, 0.1) is 17.8 Å². The normalized spacial score (nSPS) is 15.4. The molecule has 6 heteroatoms. The summed E-state index contributed by atoms with van der Waals surface area (Å²) in [6.07, 6.45) is 2.26. The number of aliphatic hydroxyl groups is 1. The van der Waals surface area contributed by atoms with Gasteiger partial charge in [0.25, 0.3) is 0 Å². The first kappa shape index (κ1) is 13.7. The fraction of sp³-hybridized carbons (Fsp3) is 0.636. The van der Waals surface area contributed by atoms with Crippen LogP contribution in [0.5, 0.6) is 0 Å². The lowest BCUT2D eigenvalue weighted by atomic mass is 10.0. The van der Waals surface area contributed by atoms with Crippen molar-refractivity contribution in [1.82, 2.24) is 9.55 Å². The van der Waals surface area contributed by atoms with Crippen LogP contribution in [-0.4, -0.2) is 33.0 Å². The maximum atomic E-state index is 11.7. The highest BCUT2D eigenvalue weighted by Gasteiger charge is 2.25. The molecule has 0 aromatic carbocycles. The van der Waals surface area contributed by atoms with E-state index in [4.69, 9.17) is 15.6 Å². The van der Waals surface area contributed by atoms with Crippen molar-refractivity contribution in [2.45, 2.75) is 38.8 Å². The Kier molecular flexibility index (Phi) is 3.59. The van der Waals surface area contributed by atoms with Gasteiger partial charge in [0.1, 0.15) is 11.9 Å². The molecule has 0 aliphatic carbocycles. The van der Waals surface area contributed by atoms with E-state index in [2.05, 4.69) is 4.98 Å². The van der Waals surface area contributed by atoms with Crippen LogP contribution in [0.1, 0.15) is 33.4 Å². The lowest BCUT2D eigenvalue weighted by molar-refractivity contribution is 0.0536. The number of carbonyl (C=O) groups excluding carboxylic acids is 1. The van der Waals surface area contributed by atoms with E-state index in [0.717, 1.165) is 0 Å². The Bertz CT molecular complexity index is 404. The van der Waals surface area contributed by atoms with E-state index < -0.39 is 17.2 Å². The summed E-state index contributed by atoms with van der Waals surface area (Å²) in [7, 11) is 0. The van der Waals surface area contributed by atoms with Gasteiger partial charge in [-0.1, -0.05) is 0 Å². The molecule has 0 aliphatic heterocycles. The predicted octanol–water partition coefficient (Wildman–Crippen LogP) is 0.832. The fourth-order valence-corrected chi connectivity index (χ4v) is 1.11. The van der Waals surface area contributed by atoms with Crippen molar-refractivity contribution in [2.24, 2.45) is 5.73 Å². The van der Waals surface area contributed by atoms with Crippen LogP contribution in [0.2, 0.25) is 0 Å². The van der Waals surface area contributed by atoms with Crippen molar-refractivity contribution in [1.29, 1.82) is 0 Å². The zero-order valence-electron chi connectivity index (χ0n) is 10.6. The molecule has 1 aromatic heterocycles. The average molecular weight is 241 g/mol. The zero-order chi connectivity index (χ0) is 13.3. The van der Waals surface area contributed by atoms with Crippen LogP contribution in [-0.2, 0) is 10.3 Å². The smallest absolute Gasteiger partial charge is 0.419 e. The van der Waals surface area contributed by atoms with Gasteiger partial charge in [-0.2, -0.15) is 0 Å². The van der Waals surface area contributed by atoms with Crippen LogP contribution < -0.4 is 5.73 Å². The molecule has 1 heterocycles. The lowest BCUT2D eigenvalue weighted by Gasteiger charge is -2.20. The second-order valence-corrected chi connectivity index (χ2v) is 5.22. The van der Waals surface area contributed by atoms with Crippen molar-refractivity contribution in [2.75, 3.05) is 6.61 Å². The van der Waals surface area contributed by atoms with E-state index >= 15 is 0 Å². The predicted molar refractivity (Wildman–Crippen MR) is 62.5 cm³/mol. The molecule has 1 unspecified atom stereocenters. The van der Waals surface area contributed by atoms with Gasteiger partial charge in [0, 0.05) is 6.20 Å². The highest BCUT2D eigenvalue weighted by molar-refractivity contribution is 5.70. The second kappa shape index (κ2) is 4.46. The minimum Gasteiger partial charge on any atom is -0.443 e. The van der Waals surface area contributed by atoms with Crippen LogP contribution in [0.15, 0.2) is 12.5 Å². The van der Waals surface area contributed by atoms with Crippen molar-refractivity contribution in [3.05, 3.63) is 18.2 Å². The first-order valence-corrected chi connectivity index (χ1v) is 5.33. The molecule has 0 saturated heterocycles. The minimum atomic E-state index is -0.965. The molecule has 0 saturated carbocycles. The summed E-state index contributed by atoms with van der Waals surface area (Å²) in [5.74, 6) is 0. The monoisotopic (exact) mass is 241 g/mol. The van der Waals surface area contributed by atoms with E-state index in [1.54, 1.807) is 27.7 Å². The van der Waals surface area contributed by atoms with Gasteiger partial charge in [-0.15, -0.1) is 0 Å². The van der Waals surface area contributed by atoms with E-state index in [9.17, 15) is 4.79 Å². The van der Waals surface area contributed by atoms with Gasteiger partial charge in [0.15, 0.2) is 0 Å². The Morgan fingerprint density at radius 3 is 2.59 bits per heavy atom. The molecule has 0 amide bonds. The molecule has 1 rings (SSSR count). The zero-order valence-corrected chi connectivity index (χ0v) is 10.6. The van der Waals surface area contributed by atoms with E-state index in [0.29, 0.717) is 5.69 Å². The Morgan fingerprint density at radius 2 is 2.12 bits per heavy atom. The molecule has 96 valence electrons. The molecule has 3 N–H and O–H groups in total. The molecular weight excluding hydrogens is 222 g/mol. The molecule has 0 aliphatic rings. The molecule has 0 fully saturated rings. The first-order chi connectivity index (χ1) is 7.65. The molecular formula is C11H19N3O3. The summed E-state index contributed by atoms with van der Waals surface area (Å²) in [6.45, 7) is 6.73. The number of rotatable bonds is 2. The maximum absolute atomic E-state index is 11.7. The number of hydrogen-bond acceptors (Lipinski definition) is 5. The topological polar surface area (TPSA) is 90.4 Å². The second-order valence-electron chi connectivity index (χ2n) is 5.22. The third-order valence-corrected chi connectivity index (χ3v) is 2.10. The van der Waals surface area contributed by atoms with Crippen molar-refractivity contribution in [3.8, 4) is 0 Å². The van der Waals surface area contributed by atoms with E-state index in [-0.39, 0.29) is 6.61 Å². The fourth-order valence-electron chi connectivity index (χ4n) is 1.11. The number of imidazole rings is 1. The van der Waals surface area contributed by atoms with Gasteiger partial charge in [-0.3, -0.25) is 0 Å². The number of nitrogens with zero attached hydrogens (tertiary/aromatic N) is 2. The van der Waals surface area contributed by atoms with Crippen LogP contribution in [0.3, 0.4) is 0 Å². The quantitative estimate of drug-likeness (QED) is 0.800. The number of hydrogen-bond donors (Lipinski definition) is 2. The van der Waals surface area contributed by atoms with Crippen molar-refractivity contribution < 1.29 is 14.6 Å². The summed E-state index contributed by atoms with van der Waals surface area (Å²) in [5.41, 5.74) is 4.71. The highest BCUT2D eigenvalue weighted by Crippen LogP contribution is 2.15. The standard InChI is InChI=1S/C11H19N3O3/c1-10(2,3)17-9(16)14-5-8(13-7-14)11(4,12)6-15/h5,7,15H,6,12H2,1-4H3. The van der Waals surface area contributed by atoms with Gasteiger partial charge in [0.2, 0.25) is 0 Å². The molecule has 1 aromatic rings. The summed E-state index contributed by atoms with van der Waals surface area (Å²) in [5, 5.41) is 9.09. The molecule has 0 spiro atoms. The maximum Gasteiger partial charge on any atom is 0.419 e. The van der Waals surface area contributed by atoms with Crippen LogP contribution in [0, 0.1) is 0 Å². The number of carbonyl (C=O) groups is 1. The number of ether oxygens (including phenoxy) is 1. The molecule has 0 radical (unpaired) electrons. The molecule has 17 heavy (non-hydrogen) atoms. The average Bonchev–Trinajstić information content (AvgIpc) is 2.64. The van der Waals surface area contributed by atoms with Gasteiger partial charge in [-0.05, 0) is 27.7 Å². The largest absolute Gasteiger partial charge is 0.443 e. The Hall–Kier alpha value is -1.40. The lowest BCUT2D eigenvalue weighted by Crippen LogP contribution is -2.37. The highest BCUT2D eigenvalue weighted by atomic mass is 16.6. The molecule has 6 nitrogen and oxygen atoms in total. The van der Waals surface area contributed by atoms with Crippen LogP contribution >= 0.6 is 0 Å². The third kappa shape index (κ3) is 3.54. The Balaban J connectivity index is 2.85. The Morgan fingerprint density at radius 1 is 1.53 bits per heavy atom. The van der Waals surface area contributed by atoms with E-state index in [1.165, 1.54) is 17.1 Å². The van der Waals surface area contributed by atoms with Crippen LogP contribution in [0.25, 0.3) is 0 Å². The minimum absolute atomic E-state index is 0.252. The van der Waals surface area contributed by atoms with Crippen LogP contribution in [0.4, 0.5) is 4.79 Å².